The van der Waals surface area contributed by atoms with Gasteiger partial charge in [0.1, 0.15) is 6.10 Å². The molecule has 3 aliphatic rings. The zero-order chi connectivity index (χ0) is 22.6. The maximum absolute atomic E-state index is 14.5. The lowest BCUT2D eigenvalue weighted by atomic mass is 9.98. The lowest BCUT2D eigenvalue weighted by Crippen LogP contribution is -2.48. The molecule has 5 rings (SSSR count). The van der Waals surface area contributed by atoms with Gasteiger partial charge < -0.3 is 14.4 Å². The van der Waals surface area contributed by atoms with Crippen molar-refractivity contribution in [2.24, 2.45) is 0 Å². The van der Waals surface area contributed by atoms with E-state index < -0.39 is 34.7 Å². The quantitative estimate of drug-likeness (QED) is 0.673. The van der Waals surface area contributed by atoms with Crippen molar-refractivity contribution in [2.75, 3.05) is 20.2 Å². The van der Waals surface area contributed by atoms with Crippen LogP contribution in [-0.2, 0) is 11.2 Å². The summed E-state index contributed by atoms with van der Waals surface area (Å²) in [4.78, 5) is 28.6. The molecule has 2 unspecified atom stereocenters. The van der Waals surface area contributed by atoms with Crippen molar-refractivity contribution >= 4 is 12.0 Å². The molecule has 9 heteroatoms. The molecule has 168 valence electrons. The maximum atomic E-state index is 14.5. The van der Waals surface area contributed by atoms with Crippen molar-refractivity contribution in [3.8, 4) is 5.75 Å². The number of carbonyl (C=O) groups excluding carboxylic acids is 2. The van der Waals surface area contributed by atoms with Crippen LogP contribution in [0.3, 0.4) is 0 Å². The monoisotopic (exact) mass is 446 g/mol. The average Bonchev–Trinajstić information content (AvgIpc) is 3.30. The van der Waals surface area contributed by atoms with Crippen LogP contribution in [0.4, 0.5) is 18.0 Å². The molecule has 2 amide bonds. The van der Waals surface area contributed by atoms with Gasteiger partial charge in [0, 0.05) is 25.6 Å². The third-order valence-electron chi connectivity index (χ3n) is 6.61. The van der Waals surface area contributed by atoms with Crippen LogP contribution in [0, 0.1) is 17.5 Å². The minimum atomic E-state index is -1.47. The summed E-state index contributed by atoms with van der Waals surface area (Å²) in [6.07, 6.45) is 1.03. The molecule has 1 aliphatic carbocycles. The fourth-order valence-corrected chi connectivity index (χ4v) is 5.09. The number of carbonyl (C=O) groups is 2. The number of benzene rings is 2. The number of ether oxygens (including phenoxy) is 2. The van der Waals surface area contributed by atoms with Crippen LogP contribution in [0.2, 0.25) is 0 Å². The number of nitrogens with zero attached hydrogens (tertiary/aromatic N) is 2. The van der Waals surface area contributed by atoms with E-state index in [0.717, 1.165) is 18.2 Å². The van der Waals surface area contributed by atoms with Crippen molar-refractivity contribution in [2.45, 2.75) is 37.5 Å². The maximum Gasteiger partial charge on any atom is 0.411 e. The van der Waals surface area contributed by atoms with Crippen molar-refractivity contribution < 1.29 is 32.2 Å². The van der Waals surface area contributed by atoms with E-state index in [9.17, 15) is 22.8 Å². The number of hydrogen-bond acceptors (Lipinski definition) is 4. The Kier molecular flexibility index (Phi) is 4.98. The first kappa shape index (κ1) is 20.7. The Bertz CT molecular complexity index is 1100. The normalized spacial score (nSPS) is 22.6. The highest BCUT2D eigenvalue weighted by Crippen LogP contribution is 2.44. The van der Waals surface area contributed by atoms with E-state index in [1.165, 1.54) is 4.90 Å². The zero-order valence-electron chi connectivity index (χ0n) is 17.3. The van der Waals surface area contributed by atoms with Gasteiger partial charge in [-0.1, -0.05) is 24.3 Å². The second-order valence-electron chi connectivity index (χ2n) is 8.27. The van der Waals surface area contributed by atoms with Gasteiger partial charge >= 0.3 is 6.09 Å². The Morgan fingerprint density at radius 1 is 1.12 bits per heavy atom. The van der Waals surface area contributed by atoms with Gasteiger partial charge in [0.2, 0.25) is 5.82 Å². The summed E-state index contributed by atoms with van der Waals surface area (Å²) in [7, 11) is 1.00. The van der Waals surface area contributed by atoms with Crippen LogP contribution in [0.15, 0.2) is 30.3 Å². The predicted octanol–water partition coefficient (Wildman–Crippen LogP) is 3.84. The van der Waals surface area contributed by atoms with Crippen LogP contribution in [0.1, 0.15) is 40.4 Å². The van der Waals surface area contributed by atoms with Gasteiger partial charge in [0.15, 0.2) is 17.4 Å². The van der Waals surface area contributed by atoms with E-state index in [1.807, 2.05) is 24.3 Å². The molecule has 2 heterocycles. The largest absolute Gasteiger partial charge is 0.491 e. The molecular formula is C23H21F3N2O4. The number of rotatable bonds is 3. The van der Waals surface area contributed by atoms with Crippen molar-refractivity contribution in [1.82, 2.24) is 9.80 Å². The summed E-state index contributed by atoms with van der Waals surface area (Å²) in [5.74, 6) is -5.72. The molecule has 0 N–H and O–H groups in total. The molecule has 0 aromatic heterocycles. The molecule has 6 nitrogen and oxygen atoms in total. The lowest BCUT2D eigenvalue weighted by Gasteiger charge is -2.38. The third-order valence-corrected chi connectivity index (χ3v) is 6.61. The Morgan fingerprint density at radius 3 is 2.56 bits per heavy atom. The van der Waals surface area contributed by atoms with E-state index in [1.54, 1.807) is 4.90 Å². The summed E-state index contributed by atoms with van der Waals surface area (Å²) in [5.41, 5.74) is 1.66. The summed E-state index contributed by atoms with van der Waals surface area (Å²) in [6, 6.07) is 8.20. The van der Waals surface area contributed by atoms with Crippen LogP contribution < -0.4 is 4.74 Å². The topological polar surface area (TPSA) is 59.1 Å². The summed E-state index contributed by atoms with van der Waals surface area (Å²) >= 11 is 0. The van der Waals surface area contributed by atoms with Gasteiger partial charge in [-0.05, 0) is 30.0 Å². The fourth-order valence-electron chi connectivity index (χ4n) is 5.09. The van der Waals surface area contributed by atoms with E-state index in [4.69, 9.17) is 4.74 Å². The van der Waals surface area contributed by atoms with E-state index in [2.05, 4.69) is 4.74 Å². The molecule has 2 fully saturated rings. The Balaban J connectivity index is 1.32. The van der Waals surface area contributed by atoms with Gasteiger partial charge in [-0.2, -0.15) is 4.39 Å². The number of hydrogen-bond donors (Lipinski definition) is 0. The predicted molar refractivity (Wildman–Crippen MR) is 107 cm³/mol. The highest BCUT2D eigenvalue weighted by Gasteiger charge is 2.50. The SMILES string of the molecule is COc1c(F)c(F)cc(C(=O)N2CCC(N3C(=O)OC4Cc5ccccc5C43)CC2)c1F. The third kappa shape index (κ3) is 3.10. The second-order valence-corrected chi connectivity index (χ2v) is 8.27. The minimum absolute atomic E-state index is 0.142. The summed E-state index contributed by atoms with van der Waals surface area (Å²) < 4.78 is 52.3. The van der Waals surface area contributed by atoms with E-state index in [0.29, 0.717) is 25.3 Å². The molecular weight excluding hydrogens is 425 g/mol. The number of piperidine rings is 1. The molecule has 32 heavy (non-hydrogen) atoms. The standard InChI is InChI=1S/C23H21F3N2O4/c1-31-21-18(25)15(11-16(24)19(21)26)22(29)27-8-6-13(7-9-27)28-20-14-5-3-2-4-12(14)10-17(20)32-23(28)30/h2-5,11,13,17,20H,6-10H2,1H3. The van der Waals surface area contributed by atoms with Crippen LogP contribution in [0.5, 0.6) is 5.75 Å². The molecule has 0 bridgehead atoms. The molecule has 0 saturated carbocycles. The molecule has 2 saturated heterocycles. The summed E-state index contributed by atoms with van der Waals surface area (Å²) in [6.45, 7) is 0.486. The van der Waals surface area contributed by atoms with Gasteiger partial charge in [0.05, 0.1) is 18.7 Å². The number of likely N-dealkylation sites (tertiary alicyclic amines) is 1. The van der Waals surface area contributed by atoms with Gasteiger partial charge in [-0.25, -0.2) is 13.6 Å². The smallest absolute Gasteiger partial charge is 0.411 e. The second kappa shape index (κ2) is 7.72. The first-order chi connectivity index (χ1) is 15.4. The lowest BCUT2D eigenvalue weighted by molar-refractivity contribution is 0.0630. The minimum Gasteiger partial charge on any atom is -0.491 e. The summed E-state index contributed by atoms with van der Waals surface area (Å²) in [5, 5.41) is 0. The van der Waals surface area contributed by atoms with Crippen LogP contribution in [-0.4, -0.2) is 54.1 Å². The highest BCUT2D eigenvalue weighted by atomic mass is 19.2. The Hall–Kier alpha value is -3.23. The number of fused-ring (bicyclic) bond motifs is 3. The molecule has 0 spiro atoms. The molecule has 0 radical (unpaired) electrons. The van der Waals surface area contributed by atoms with E-state index in [-0.39, 0.29) is 37.4 Å². The molecule has 2 aromatic rings. The molecule has 2 atom stereocenters. The number of halogens is 3. The fraction of sp³-hybridized carbons (Fsp3) is 0.391. The van der Waals surface area contributed by atoms with Crippen molar-refractivity contribution in [1.29, 1.82) is 0 Å². The van der Waals surface area contributed by atoms with Gasteiger partial charge in [-0.3, -0.25) is 9.69 Å². The van der Waals surface area contributed by atoms with Crippen LogP contribution >= 0.6 is 0 Å². The van der Waals surface area contributed by atoms with Crippen LogP contribution in [0.25, 0.3) is 0 Å². The highest BCUT2D eigenvalue weighted by molar-refractivity contribution is 5.95. The Morgan fingerprint density at radius 2 is 1.84 bits per heavy atom. The number of amides is 2. The van der Waals surface area contributed by atoms with E-state index >= 15 is 0 Å². The van der Waals surface area contributed by atoms with Gasteiger partial charge in [-0.15, -0.1) is 0 Å². The molecule has 2 aromatic carbocycles. The number of methoxy groups -OCH3 is 1. The zero-order valence-corrected chi connectivity index (χ0v) is 17.3. The Labute approximate surface area is 182 Å². The first-order valence-corrected chi connectivity index (χ1v) is 10.5. The van der Waals surface area contributed by atoms with Crippen molar-refractivity contribution in [3.63, 3.8) is 0 Å². The first-order valence-electron chi connectivity index (χ1n) is 10.5. The molecule has 2 aliphatic heterocycles. The average molecular weight is 446 g/mol. The van der Waals surface area contributed by atoms with Crippen molar-refractivity contribution in [3.05, 3.63) is 64.5 Å². The van der Waals surface area contributed by atoms with Gasteiger partial charge in [0.25, 0.3) is 5.91 Å².